The van der Waals surface area contributed by atoms with Gasteiger partial charge in [0, 0.05) is 11.1 Å². The first-order chi connectivity index (χ1) is 16.8. The number of benzene rings is 2. The van der Waals surface area contributed by atoms with Gasteiger partial charge >= 0.3 is 5.97 Å². The summed E-state index contributed by atoms with van der Waals surface area (Å²) < 4.78 is 21.6. The molecule has 0 saturated heterocycles. The Morgan fingerprint density at radius 2 is 1.83 bits per heavy atom. The molecule has 0 radical (unpaired) electrons. The number of carbonyl (C=O) groups excluding carboxylic acids is 1. The van der Waals surface area contributed by atoms with Crippen LogP contribution in [0.2, 0.25) is 5.02 Å². The summed E-state index contributed by atoms with van der Waals surface area (Å²) in [5, 5.41) is 27.5. The number of aromatic nitrogens is 2. The van der Waals surface area contributed by atoms with Crippen molar-refractivity contribution in [1.82, 2.24) is 15.1 Å². The fraction of sp³-hybridized carbons (Fsp3) is 0.346. The Morgan fingerprint density at radius 3 is 2.44 bits per heavy atom. The molecule has 1 heterocycles. The number of para-hydroxylation sites is 1. The Balaban J connectivity index is 1.96. The second-order valence-corrected chi connectivity index (χ2v) is 10.2. The fourth-order valence-electron chi connectivity index (χ4n) is 3.19. The van der Waals surface area contributed by atoms with E-state index >= 15 is 0 Å². The van der Waals surface area contributed by atoms with Crippen LogP contribution < -0.4 is 10.1 Å². The first-order valence-electron chi connectivity index (χ1n) is 11.3. The molecule has 0 aliphatic rings. The lowest BCUT2D eigenvalue weighted by Crippen LogP contribution is -2.45. The van der Waals surface area contributed by atoms with Crippen LogP contribution in [-0.2, 0) is 4.79 Å². The molecule has 0 aliphatic carbocycles. The zero-order valence-corrected chi connectivity index (χ0v) is 21.2. The van der Waals surface area contributed by atoms with E-state index in [0.29, 0.717) is 10.6 Å². The van der Waals surface area contributed by atoms with Crippen molar-refractivity contribution in [2.75, 3.05) is 6.61 Å². The zero-order chi connectivity index (χ0) is 26.7. The highest BCUT2D eigenvalue weighted by molar-refractivity contribution is 6.30. The van der Waals surface area contributed by atoms with Crippen molar-refractivity contribution in [3.05, 3.63) is 76.7 Å². The summed E-state index contributed by atoms with van der Waals surface area (Å²) in [6, 6.07) is 12.8. The molecule has 0 saturated carbocycles. The second-order valence-electron chi connectivity index (χ2n) is 9.72. The first kappa shape index (κ1) is 27.2. The highest BCUT2D eigenvalue weighted by Crippen LogP contribution is 2.31. The average Bonchev–Trinajstić information content (AvgIpc) is 3.21. The molecular weight excluding hydrogens is 489 g/mol. The van der Waals surface area contributed by atoms with Crippen LogP contribution in [0.4, 0.5) is 4.39 Å². The molecule has 1 amide bonds. The van der Waals surface area contributed by atoms with E-state index in [-0.39, 0.29) is 23.9 Å². The van der Waals surface area contributed by atoms with Gasteiger partial charge in [-0.05, 0) is 42.2 Å². The molecule has 8 nitrogen and oxygen atoms in total. The molecule has 0 bridgehead atoms. The van der Waals surface area contributed by atoms with Crippen LogP contribution in [0.25, 0.3) is 5.69 Å². The number of carboxylic acids is 1. The lowest BCUT2D eigenvalue weighted by atomic mass is 9.78. The molecule has 192 valence electrons. The van der Waals surface area contributed by atoms with Gasteiger partial charge in [-0.3, -0.25) is 9.59 Å². The average molecular weight is 518 g/mol. The Morgan fingerprint density at radius 1 is 1.14 bits per heavy atom. The van der Waals surface area contributed by atoms with Gasteiger partial charge in [-0.15, -0.1) is 0 Å². The summed E-state index contributed by atoms with van der Waals surface area (Å²) in [6.45, 7) is 7.01. The van der Waals surface area contributed by atoms with Gasteiger partial charge in [-0.25, -0.2) is 4.39 Å². The SMILES string of the molecule is CC(C)(C)[C@@](C)(O)COc1cc(C(=O)N[C@@H](CC(=O)O)c2cccc(Cl)c2)nn1-c1ccccc1F. The third kappa shape index (κ3) is 6.41. The van der Waals surface area contributed by atoms with Gasteiger partial charge in [0.05, 0.1) is 12.5 Å². The number of nitrogens with zero attached hydrogens (tertiary/aromatic N) is 2. The molecule has 2 atom stereocenters. The fourth-order valence-corrected chi connectivity index (χ4v) is 3.39. The van der Waals surface area contributed by atoms with E-state index in [1.807, 2.05) is 20.8 Å². The molecule has 36 heavy (non-hydrogen) atoms. The molecule has 3 aromatic rings. The van der Waals surface area contributed by atoms with Crippen molar-refractivity contribution in [1.29, 1.82) is 0 Å². The van der Waals surface area contributed by atoms with Crippen LogP contribution in [0.1, 0.15) is 56.2 Å². The summed E-state index contributed by atoms with van der Waals surface area (Å²) >= 11 is 6.04. The second kappa shape index (κ2) is 10.7. The number of carboxylic acid groups (broad SMARTS) is 1. The maximum Gasteiger partial charge on any atom is 0.305 e. The number of ether oxygens (including phenoxy) is 1. The van der Waals surface area contributed by atoms with Crippen molar-refractivity contribution >= 4 is 23.5 Å². The summed E-state index contributed by atoms with van der Waals surface area (Å²) in [6.07, 6.45) is -0.391. The number of hydrogen-bond acceptors (Lipinski definition) is 5. The summed E-state index contributed by atoms with van der Waals surface area (Å²) in [5.41, 5.74) is -1.36. The van der Waals surface area contributed by atoms with Crippen LogP contribution in [0.3, 0.4) is 0 Å². The van der Waals surface area contributed by atoms with E-state index in [0.717, 1.165) is 4.68 Å². The van der Waals surface area contributed by atoms with Gasteiger partial charge in [0.15, 0.2) is 5.69 Å². The normalized spacial score (nSPS) is 14.1. The van der Waals surface area contributed by atoms with E-state index in [1.165, 1.54) is 24.3 Å². The lowest BCUT2D eigenvalue weighted by molar-refractivity contribution is -0.137. The quantitative estimate of drug-likeness (QED) is 0.376. The number of carbonyl (C=O) groups is 2. The Bertz CT molecular complexity index is 1250. The summed E-state index contributed by atoms with van der Waals surface area (Å²) in [5.74, 6) is -2.37. The van der Waals surface area contributed by atoms with E-state index in [2.05, 4.69) is 10.4 Å². The highest BCUT2D eigenvalue weighted by Gasteiger charge is 2.36. The van der Waals surface area contributed by atoms with Gasteiger partial charge in [-0.1, -0.05) is 56.6 Å². The third-order valence-electron chi connectivity index (χ3n) is 6.04. The molecule has 10 heteroatoms. The smallest absolute Gasteiger partial charge is 0.305 e. The number of hydrogen-bond donors (Lipinski definition) is 3. The number of aliphatic carboxylic acids is 1. The minimum Gasteiger partial charge on any atom is -0.481 e. The van der Waals surface area contributed by atoms with Crippen LogP contribution in [-0.4, -0.2) is 44.1 Å². The highest BCUT2D eigenvalue weighted by atomic mass is 35.5. The number of aliphatic hydroxyl groups is 1. The van der Waals surface area contributed by atoms with E-state index in [1.54, 1.807) is 37.3 Å². The van der Waals surface area contributed by atoms with Gasteiger partial charge in [0.1, 0.15) is 23.7 Å². The predicted octanol–water partition coefficient (Wildman–Crippen LogP) is 4.79. The monoisotopic (exact) mass is 517 g/mol. The molecule has 2 aromatic carbocycles. The van der Waals surface area contributed by atoms with Crippen LogP contribution in [0.15, 0.2) is 54.6 Å². The predicted molar refractivity (Wildman–Crippen MR) is 133 cm³/mol. The van der Waals surface area contributed by atoms with E-state index in [9.17, 15) is 24.2 Å². The summed E-state index contributed by atoms with van der Waals surface area (Å²) in [7, 11) is 0. The number of amides is 1. The first-order valence-corrected chi connectivity index (χ1v) is 11.6. The molecule has 0 fully saturated rings. The number of halogens is 2. The molecule has 1 aromatic heterocycles. The number of rotatable bonds is 9. The molecule has 0 aliphatic heterocycles. The number of nitrogens with one attached hydrogen (secondary N) is 1. The van der Waals surface area contributed by atoms with Crippen LogP contribution in [0, 0.1) is 11.2 Å². The van der Waals surface area contributed by atoms with Crippen LogP contribution in [0.5, 0.6) is 5.88 Å². The molecule has 0 unspecified atom stereocenters. The standard InChI is InChI=1S/C26H29ClFN3O5/c1-25(2,3)26(4,35)15-36-22-13-20(30-31(22)21-11-6-5-10-18(21)28)24(34)29-19(14-23(32)33)16-8-7-9-17(27)12-16/h5-13,19,35H,14-15H2,1-4H3,(H,29,34)(H,32,33)/t19-,26-/m0/s1. The van der Waals surface area contributed by atoms with Crippen molar-refractivity contribution in [2.24, 2.45) is 5.41 Å². The summed E-state index contributed by atoms with van der Waals surface area (Å²) in [4.78, 5) is 24.6. The van der Waals surface area contributed by atoms with Gasteiger partial charge in [0.2, 0.25) is 5.88 Å². The largest absolute Gasteiger partial charge is 0.481 e. The minimum absolute atomic E-state index is 0.0346. The maximum atomic E-state index is 14.6. The van der Waals surface area contributed by atoms with Crippen molar-refractivity contribution < 1.29 is 28.9 Å². The lowest BCUT2D eigenvalue weighted by Gasteiger charge is -2.36. The van der Waals surface area contributed by atoms with Crippen molar-refractivity contribution in [2.45, 2.75) is 45.8 Å². The van der Waals surface area contributed by atoms with Crippen molar-refractivity contribution in [3.63, 3.8) is 0 Å². The third-order valence-corrected chi connectivity index (χ3v) is 6.28. The van der Waals surface area contributed by atoms with Gasteiger partial charge in [-0.2, -0.15) is 9.78 Å². The van der Waals surface area contributed by atoms with Gasteiger partial charge < -0.3 is 20.3 Å². The van der Waals surface area contributed by atoms with Crippen LogP contribution >= 0.6 is 11.6 Å². The Labute approximate surface area is 213 Å². The Hall–Kier alpha value is -3.43. The molecule has 3 rings (SSSR count). The van der Waals surface area contributed by atoms with E-state index in [4.69, 9.17) is 16.3 Å². The topological polar surface area (TPSA) is 114 Å². The molecular formula is C26H29ClFN3O5. The molecule has 0 spiro atoms. The van der Waals surface area contributed by atoms with Gasteiger partial charge in [0.25, 0.3) is 5.91 Å². The maximum absolute atomic E-state index is 14.6. The van der Waals surface area contributed by atoms with E-state index < -0.39 is 41.2 Å². The van der Waals surface area contributed by atoms with Crippen molar-refractivity contribution in [3.8, 4) is 11.6 Å². The minimum atomic E-state index is -1.25. The molecule has 3 N–H and O–H groups in total. The zero-order valence-electron chi connectivity index (χ0n) is 20.5. The Kier molecular flexibility index (Phi) is 8.05.